The van der Waals surface area contributed by atoms with Gasteiger partial charge in [-0.1, -0.05) is 6.07 Å². The number of aromatic hydroxyl groups is 1. The summed E-state index contributed by atoms with van der Waals surface area (Å²) in [6.45, 7) is 1.21. The maximum absolute atomic E-state index is 12.7. The zero-order valence-electron chi connectivity index (χ0n) is 13.5. The quantitative estimate of drug-likeness (QED) is 0.728. The number of ether oxygens (including phenoxy) is 2. The smallest absolute Gasteiger partial charge is 0.319 e. The summed E-state index contributed by atoms with van der Waals surface area (Å²) in [5, 5.41) is 15.2. The molecule has 0 fully saturated rings. The fourth-order valence-corrected chi connectivity index (χ4v) is 2.93. The lowest BCUT2D eigenvalue weighted by atomic mass is 9.96. The van der Waals surface area contributed by atoms with Crippen molar-refractivity contribution in [1.82, 2.24) is 15.5 Å². The van der Waals surface area contributed by atoms with Gasteiger partial charge in [-0.15, -0.1) is 0 Å². The fourth-order valence-electron chi connectivity index (χ4n) is 2.93. The summed E-state index contributed by atoms with van der Waals surface area (Å²) in [6.07, 6.45) is 0. The van der Waals surface area contributed by atoms with Gasteiger partial charge in [0.2, 0.25) is 0 Å². The summed E-state index contributed by atoms with van der Waals surface area (Å²) in [6, 6.07) is 3.78. The number of phenolic OH excluding ortho intramolecular Hbond substituents is 1. The Balaban J connectivity index is 1.94. The predicted octanol–water partition coefficient (Wildman–Crippen LogP) is 0.497. The minimum atomic E-state index is -0.594. The lowest BCUT2D eigenvalue weighted by Gasteiger charge is -2.26. The van der Waals surface area contributed by atoms with Crippen molar-refractivity contribution in [2.24, 2.45) is 0 Å². The van der Waals surface area contributed by atoms with Crippen molar-refractivity contribution < 1.29 is 24.2 Å². The molecule has 0 saturated heterocycles. The van der Waals surface area contributed by atoms with Crippen molar-refractivity contribution in [1.29, 1.82) is 0 Å². The molecule has 3 rings (SSSR count). The molecule has 8 nitrogen and oxygen atoms in total. The number of hydrogen-bond acceptors (Lipinski definition) is 5. The third-order valence-corrected chi connectivity index (χ3v) is 4.12. The minimum absolute atomic E-state index is 0.00446. The van der Waals surface area contributed by atoms with Crippen molar-refractivity contribution in [2.75, 3.05) is 33.9 Å². The van der Waals surface area contributed by atoms with E-state index in [2.05, 4.69) is 10.6 Å². The van der Waals surface area contributed by atoms with Crippen LogP contribution in [0.1, 0.15) is 11.6 Å². The standard InChI is InChI=1S/C16H19N3O5/c1-23-6-5-19-8-10-13(15(19)21)14(18-16(22)17-10)9-3-4-11(20)12(7-9)24-2/h3-4,7,14,20H,5-6,8H2,1-2H3,(H2,17,18,22). The number of rotatable bonds is 5. The van der Waals surface area contributed by atoms with Gasteiger partial charge in [0.25, 0.3) is 5.91 Å². The molecule has 128 valence electrons. The molecule has 3 amide bonds. The molecule has 3 N–H and O–H groups in total. The van der Waals surface area contributed by atoms with E-state index in [-0.39, 0.29) is 23.4 Å². The maximum Gasteiger partial charge on any atom is 0.319 e. The zero-order chi connectivity index (χ0) is 17.3. The van der Waals surface area contributed by atoms with E-state index in [9.17, 15) is 14.7 Å². The van der Waals surface area contributed by atoms with Crippen molar-refractivity contribution in [3.05, 3.63) is 35.0 Å². The number of nitrogens with zero attached hydrogens (tertiary/aromatic N) is 1. The van der Waals surface area contributed by atoms with E-state index < -0.39 is 6.04 Å². The van der Waals surface area contributed by atoms with Gasteiger partial charge in [-0.25, -0.2) is 4.79 Å². The first-order valence-corrected chi connectivity index (χ1v) is 7.50. The molecule has 2 aliphatic heterocycles. The molecule has 1 aromatic rings. The van der Waals surface area contributed by atoms with Gasteiger partial charge in [0.05, 0.1) is 37.6 Å². The van der Waals surface area contributed by atoms with E-state index in [1.807, 2.05) is 0 Å². The van der Waals surface area contributed by atoms with Crippen LogP contribution in [0.5, 0.6) is 11.5 Å². The molecule has 0 spiro atoms. The average Bonchev–Trinajstić information content (AvgIpc) is 2.88. The largest absolute Gasteiger partial charge is 0.504 e. The van der Waals surface area contributed by atoms with E-state index in [1.54, 1.807) is 24.1 Å². The normalized spacial score (nSPS) is 19.9. The fraction of sp³-hybridized carbons (Fsp3) is 0.375. The van der Waals surface area contributed by atoms with Gasteiger partial charge in [-0.3, -0.25) is 4.79 Å². The van der Waals surface area contributed by atoms with Crippen molar-refractivity contribution >= 4 is 11.9 Å². The monoisotopic (exact) mass is 333 g/mol. The maximum atomic E-state index is 12.7. The van der Waals surface area contributed by atoms with Gasteiger partial charge in [-0.2, -0.15) is 0 Å². The van der Waals surface area contributed by atoms with Gasteiger partial charge >= 0.3 is 6.03 Å². The molecule has 2 heterocycles. The Kier molecular flexibility index (Phi) is 4.30. The highest BCUT2D eigenvalue weighted by Gasteiger charge is 2.40. The minimum Gasteiger partial charge on any atom is -0.504 e. The van der Waals surface area contributed by atoms with E-state index >= 15 is 0 Å². The average molecular weight is 333 g/mol. The van der Waals surface area contributed by atoms with E-state index in [0.717, 1.165) is 0 Å². The zero-order valence-corrected chi connectivity index (χ0v) is 13.5. The summed E-state index contributed by atoms with van der Waals surface area (Å²) in [5.74, 6) is 0.130. The summed E-state index contributed by atoms with van der Waals surface area (Å²) in [5.41, 5.74) is 1.75. The van der Waals surface area contributed by atoms with Gasteiger partial charge in [0.15, 0.2) is 11.5 Å². The van der Waals surface area contributed by atoms with Gasteiger partial charge in [0.1, 0.15) is 0 Å². The first-order chi connectivity index (χ1) is 11.5. The Labute approximate surface area is 139 Å². The van der Waals surface area contributed by atoms with E-state index in [0.29, 0.717) is 36.5 Å². The van der Waals surface area contributed by atoms with Crippen LogP contribution in [-0.2, 0) is 9.53 Å². The highest BCUT2D eigenvalue weighted by Crippen LogP contribution is 2.36. The summed E-state index contributed by atoms with van der Waals surface area (Å²) < 4.78 is 10.1. The van der Waals surface area contributed by atoms with Crippen LogP contribution in [0.2, 0.25) is 0 Å². The lowest BCUT2D eigenvalue weighted by molar-refractivity contribution is -0.126. The van der Waals surface area contributed by atoms with Crippen LogP contribution >= 0.6 is 0 Å². The molecule has 24 heavy (non-hydrogen) atoms. The van der Waals surface area contributed by atoms with E-state index in [4.69, 9.17) is 9.47 Å². The van der Waals surface area contributed by atoms with Crippen LogP contribution in [0.15, 0.2) is 29.5 Å². The lowest BCUT2D eigenvalue weighted by Crippen LogP contribution is -2.44. The SMILES string of the molecule is COCCN1CC2=C(C1=O)C(c1ccc(O)c(OC)c1)NC(=O)N2. The second-order valence-corrected chi connectivity index (χ2v) is 5.57. The second kappa shape index (κ2) is 6.40. The Morgan fingerprint density at radius 1 is 1.33 bits per heavy atom. The Bertz CT molecular complexity index is 716. The second-order valence-electron chi connectivity index (χ2n) is 5.57. The number of phenols is 1. The Morgan fingerprint density at radius 2 is 2.12 bits per heavy atom. The molecule has 0 aromatic heterocycles. The molecule has 0 saturated carbocycles. The predicted molar refractivity (Wildman–Crippen MR) is 84.5 cm³/mol. The Morgan fingerprint density at radius 3 is 2.83 bits per heavy atom. The van der Waals surface area contributed by atoms with Gasteiger partial charge in [0, 0.05) is 13.7 Å². The molecule has 0 bridgehead atoms. The van der Waals surface area contributed by atoms with Crippen molar-refractivity contribution in [2.45, 2.75) is 6.04 Å². The number of nitrogens with one attached hydrogen (secondary N) is 2. The van der Waals surface area contributed by atoms with Crippen LogP contribution in [-0.4, -0.2) is 55.9 Å². The summed E-state index contributed by atoms with van der Waals surface area (Å²) >= 11 is 0. The van der Waals surface area contributed by atoms with Crippen LogP contribution in [0.4, 0.5) is 4.79 Å². The highest BCUT2D eigenvalue weighted by molar-refractivity contribution is 6.01. The van der Waals surface area contributed by atoms with Crippen LogP contribution in [0, 0.1) is 0 Å². The van der Waals surface area contributed by atoms with Crippen LogP contribution in [0.25, 0.3) is 0 Å². The number of amides is 3. The third-order valence-electron chi connectivity index (χ3n) is 4.12. The number of methoxy groups -OCH3 is 2. The Hall–Kier alpha value is -2.74. The highest BCUT2D eigenvalue weighted by atomic mass is 16.5. The molecule has 2 aliphatic rings. The summed E-state index contributed by atoms with van der Waals surface area (Å²) in [7, 11) is 3.01. The van der Waals surface area contributed by atoms with Crippen molar-refractivity contribution in [3.63, 3.8) is 0 Å². The number of hydrogen-bond donors (Lipinski definition) is 3. The van der Waals surface area contributed by atoms with E-state index in [1.165, 1.54) is 13.2 Å². The molecule has 1 aromatic carbocycles. The number of carbonyl (C=O) groups is 2. The van der Waals surface area contributed by atoms with Crippen LogP contribution in [0.3, 0.4) is 0 Å². The first kappa shape index (κ1) is 16.1. The van der Waals surface area contributed by atoms with Gasteiger partial charge in [-0.05, 0) is 17.7 Å². The summed E-state index contributed by atoms with van der Waals surface area (Å²) in [4.78, 5) is 26.3. The molecular formula is C16H19N3O5. The number of carbonyl (C=O) groups excluding carboxylic acids is 2. The molecule has 0 radical (unpaired) electrons. The first-order valence-electron chi connectivity index (χ1n) is 7.50. The van der Waals surface area contributed by atoms with Crippen LogP contribution < -0.4 is 15.4 Å². The molecule has 8 heteroatoms. The van der Waals surface area contributed by atoms with Gasteiger partial charge < -0.3 is 30.1 Å². The molecular weight excluding hydrogens is 314 g/mol. The molecule has 1 unspecified atom stereocenters. The molecule has 1 atom stereocenters. The number of urea groups is 1. The van der Waals surface area contributed by atoms with Crippen molar-refractivity contribution in [3.8, 4) is 11.5 Å². The third kappa shape index (κ3) is 2.76. The molecule has 0 aliphatic carbocycles. The topological polar surface area (TPSA) is 100 Å². The number of benzene rings is 1.